The van der Waals surface area contributed by atoms with E-state index in [-0.39, 0.29) is 11.3 Å². The molecule has 1 aromatic heterocycles. The molecule has 0 unspecified atom stereocenters. The number of pyridine rings is 1. The summed E-state index contributed by atoms with van der Waals surface area (Å²) in [6.07, 6.45) is 8.01. The van der Waals surface area contributed by atoms with Crippen LogP contribution in [0.25, 0.3) is 0 Å². The largest absolute Gasteiger partial charge is 0.379 e. The standard InChI is InChI=1S/C22H34N4O2/c1-2-25-9-6-19-14-20(26-10-12-28-13-11-26)5-7-22(19,17-25)21(27)24-16-18-4-3-8-23-15-18/h3-4,8,15,19-20H,2,5-7,9-14,16-17H2,1H3,(H,24,27)/t19-,20+,22-/m1/s1. The highest BCUT2D eigenvalue weighted by Gasteiger charge is 2.52. The second-order valence-electron chi connectivity index (χ2n) is 8.63. The van der Waals surface area contributed by atoms with Crippen LogP contribution in [-0.4, -0.2) is 72.7 Å². The van der Waals surface area contributed by atoms with Gasteiger partial charge in [0, 0.05) is 44.6 Å². The number of carbonyl (C=O) groups excluding carboxylic acids is 1. The van der Waals surface area contributed by atoms with Gasteiger partial charge in [-0.05, 0) is 56.3 Å². The zero-order valence-corrected chi connectivity index (χ0v) is 17.1. The van der Waals surface area contributed by atoms with Crippen molar-refractivity contribution >= 4 is 5.91 Å². The molecule has 6 nitrogen and oxygen atoms in total. The molecule has 0 spiro atoms. The highest BCUT2D eigenvalue weighted by atomic mass is 16.5. The monoisotopic (exact) mass is 386 g/mol. The molecular formula is C22H34N4O2. The lowest BCUT2D eigenvalue weighted by atomic mass is 9.61. The quantitative estimate of drug-likeness (QED) is 0.838. The molecule has 1 aromatic rings. The Labute approximate surface area is 168 Å². The van der Waals surface area contributed by atoms with Gasteiger partial charge in [-0.15, -0.1) is 0 Å². The summed E-state index contributed by atoms with van der Waals surface area (Å²) < 4.78 is 5.54. The van der Waals surface area contributed by atoms with Crippen molar-refractivity contribution in [1.29, 1.82) is 0 Å². The van der Waals surface area contributed by atoms with Crippen molar-refractivity contribution in [2.24, 2.45) is 11.3 Å². The number of hydrogen-bond acceptors (Lipinski definition) is 5. The molecule has 3 heterocycles. The second-order valence-corrected chi connectivity index (χ2v) is 8.63. The van der Waals surface area contributed by atoms with Crippen LogP contribution < -0.4 is 5.32 Å². The van der Waals surface area contributed by atoms with E-state index >= 15 is 0 Å². The zero-order chi connectivity index (χ0) is 19.4. The molecule has 6 heteroatoms. The first-order chi connectivity index (χ1) is 13.7. The van der Waals surface area contributed by atoms with E-state index < -0.39 is 0 Å². The Balaban J connectivity index is 1.46. The molecule has 1 aliphatic carbocycles. The smallest absolute Gasteiger partial charge is 0.228 e. The second kappa shape index (κ2) is 8.89. The Morgan fingerprint density at radius 1 is 1.32 bits per heavy atom. The number of nitrogens with zero attached hydrogens (tertiary/aromatic N) is 3. The maximum atomic E-state index is 13.5. The van der Waals surface area contributed by atoms with Gasteiger partial charge in [-0.3, -0.25) is 14.7 Å². The van der Waals surface area contributed by atoms with Crippen LogP contribution in [0, 0.1) is 11.3 Å². The summed E-state index contributed by atoms with van der Waals surface area (Å²) >= 11 is 0. The van der Waals surface area contributed by atoms with E-state index in [0.29, 0.717) is 18.5 Å². The van der Waals surface area contributed by atoms with E-state index in [2.05, 4.69) is 27.0 Å². The van der Waals surface area contributed by atoms with Crippen LogP contribution >= 0.6 is 0 Å². The number of ether oxygens (including phenoxy) is 1. The van der Waals surface area contributed by atoms with Gasteiger partial charge in [0.2, 0.25) is 5.91 Å². The highest BCUT2D eigenvalue weighted by molar-refractivity contribution is 5.83. The van der Waals surface area contributed by atoms with Crippen LogP contribution in [-0.2, 0) is 16.1 Å². The maximum Gasteiger partial charge on any atom is 0.228 e. The third kappa shape index (κ3) is 4.09. The van der Waals surface area contributed by atoms with Gasteiger partial charge in [-0.25, -0.2) is 0 Å². The Bertz CT molecular complexity index is 649. The molecule has 2 aliphatic heterocycles. The molecule has 0 bridgehead atoms. The van der Waals surface area contributed by atoms with Crippen molar-refractivity contribution in [2.45, 2.75) is 45.2 Å². The topological polar surface area (TPSA) is 57.7 Å². The van der Waals surface area contributed by atoms with Crippen molar-refractivity contribution in [3.8, 4) is 0 Å². The lowest BCUT2D eigenvalue weighted by Crippen LogP contribution is -2.60. The summed E-state index contributed by atoms with van der Waals surface area (Å²) in [5, 5.41) is 3.26. The predicted molar refractivity (Wildman–Crippen MR) is 109 cm³/mol. The number of carbonyl (C=O) groups is 1. The molecule has 0 radical (unpaired) electrons. The van der Waals surface area contributed by atoms with Gasteiger partial charge in [0.25, 0.3) is 0 Å². The van der Waals surface area contributed by atoms with E-state index in [1.807, 2.05) is 18.3 Å². The summed E-state index contributed by atoms with van der Waals surface area (Å²) in [7, 11) is 0. The van der Waals surface area contributed by atoms with Crippen molar-refractivity contribution in [1.82, 2.24) is 20.1 Å². The average Bonchev–Trinajstić information content (AvgIpc) is 2.77. The molecule has 1 amide bonds. The van der Waals surface area contributed by atoms with E-state index in [1.165, 1.54) is 0 Å². The fraction of sp³-hybridized carbons (Fsp3) is 0.727. The Morgan fingerprint density at radius 2 is 2.18 bits per heavy atom. The minimum Gasteiger partial charge on any atom is -0.379 e. The molecule has 28 heavy (non-hydrogen) atoms. The Hall–Kier alpha value is -1.50. The number of nitrogens with one attached hydrogen (secondary N) is 1. The summed E-state index contributed by atoms with van der Waals surface area (Å²) in [6.45, 7) is 9.61. The highest BCUT2D eigenvalue weighted by Crippen LogP contribution is 2.47. The van der Waals surface area contributed by atoms with E-state index in [1.54, 1.807) is 6.20 Å². The first-order valence-corrected chi connectivity index (χ1v) is 10.9. The number of aromatic nitrogens is 1. The van der Waals surface area contributed by atoms with Crippen LogP contribution in [0.4, 0.5) is 0 Å². The molecule has 2 saturated heterocycles. The number of fused-ring (bicyclic) bond motifs is 1. The number of amides is 1. The lowest BCUT2D eigenvalue weighted by Gasteiger charge is -2.53. The van der Waals surface area contributed by atoms with E-state index in [4.69, 9.17) is 4.74 Å². The minimum atomic E-state index is -0.237. The third-order valence-electron chi connectivity index (χ3n) is 7.20. The zero-order valence-electron chi connectivity index (χ0n) is 17.1. The summed E-state index contributed by atoms with van der Waals surface area (Å²) in [6, 6.07) is 4.56. The van der Waals surface area contributed by atoms with Crippen LogP contribution in [0.3, 0.4) is 0 Å². The van der Waals surface area contributed by atoms with Gasteiger partial charge < -0.3 is 15.0 Å². The van der Waals surface area contributed by atoms with Gasteiger partial charge >= 0.3 is 0 Å². The average molecular weight is 387 g/mol. The van der Waals surface area contributed by atoms with Crippen LogP contribution in [0.2, 0.25) is 0 Å². The van der Waals surface area contributed by atoms with E-state index in [9.17, 15) is 4.79 Å². The van der Waals surface area contributed by atoms with Crippen LogP contribution in [0.5, 0.6) is 0 Å². The molecule has 1 saturated carbocycles. The number of morpholine rings is 1. The molecule has 1 N–H and O–H groups in total. The summed E-state index contributed by atoms with van der Waals surface area (Å²) in [4.78, 5) is 22.7. The van der Waals surface area contributed by atoms with Crippen molar-refractivity contribution in [3.63, 3.8) is 0 Å². The van der Waals surface area contributed by atoms with Crippen molar-refractivity contribution in [2.75, 3.05) is 45.9 Å². The molecular weight excluding hydrogens is 352 g/mol. The summed E-state index contributed by atoms with van der Waals surface area (Å²) in [5.41, 5.74) is 0.827. The van der Waals surface area contributed by atoms with Gasteiger partial charge in [0.1, 0.15) is 0 Å². The van der Waals surface area contributed by atoms with Gasteiger partial charge in [-0.1, -0.05) is 13.0 Å². The maximum absolute atomic E-state index is 13.5. The molecule has 0 aromatic carbocycles. The van der Waals surface area contributed by atoms with Gasteiger partial charge in [-0.2, -0.15) is 0 Å². The van der Waals surface area contributed by atoms with Gasteiger partial charge in [0.05, 0.1) is 18.6 Å². The number of rotatable bonds is 5. The van der Waals surface area contributed by atoms with Crippen LogP contribution in [0.1, 0.15) is 38.2 Å². The molecule has 4 rings (SSSR count). The predicted octanol–water partition coefficient (Wildman–Crippen LogP) is 1.91. The Kier molecular flexibility index (Phi) is 6.28. The number of likely N-dealkylation sites (tertiary alicyclic amines) is 1. The minimum absolute atomic E-state index is 0.237. The normalized spacial score (nSPS) is 31.9. The fourth-order valence-electron chi connectivity index (χ4n) is 5.49. The SMILES string of the molecule is CCN1CC[C@@H]2C[C@@H](N3CCOCC3)CC[C@@]2(C(=O)NCc2cccnc2)C1. The first-order valence-electron chi connectivity index (χ1n) is 10.9. The number of hydrogen-bond donors (Lipinski definition) is 1. The Morgan fingerprint density at radius 3 is 2.93 bits per heavy atom. The number of piperidine rings is 1. The fourth-order valence-corrected chi connectivity index (χ4v) is 5.49. The summed E-state index contributed by atoms with van der Waals surface area (Å²) in [5.74, 6) is 0.728. The third-order valence-corrected chi connectivity index (χ3v) is 7.20. The lowest BCUT2D eigenvalue weighted by molar-refractivity contribution is -0.145. The van der Waals surface area contributed by atoms with Crippen molar-refractivity contribution in [3.05, 3.63) is 30.1 Å². The molecule has 3 aliphatic rings. The molecule has 154 valence electrons. The van der Waals surface area contributed by atoms with Gasteiger partial charge in [0.15, 0.2) is 0 Å². The van der Waals surface area contributed by atoms with Crippen molar-refractivity contribution < 1.29 is 9.53 Å². The molecule has 3 fully saturated rings. The first kappa shape index (κ1) is 19.8. The molecule has 3 atom stereocenters. The van der Waals surface area contributed by atoms with Crippen LogP contribution in [0.15, 0.2) is 24.5 Å². The van der Waals surface area contributed by atoms with E-state index in [0.717, 1.165) is 77.2 Å².